The van der Waals surface area contributed by atoms with E-state index in [4.69, 9.17) is 4.74 Å². The quantitative estimate of drug-likeness (QED) is 0.315. The van der Waals surface area contributed by atoms with Crippen LogP contribution in [0.25, 0.3) is 0 Å². The summed E-state index contributed by atoms with van der Waals surface area (Å²) in [5, 5.41) is 9.04. The molecule has 3 heteroatoms. The zero-order chi connectivity index (χ0) is 31.6. The fourth-order valence-electron chi connectivity index (χ4n) is 16.7. The van der Waals surface area contributed by atoms with Crippen LogP contribution in [0.3, 0.4) is 0 Å². The highest BCUT2D eigenvalue weighted by atomic mass is 16.5. The maximum absolute atomic E-state index is 7.67. The lowest BCUT2D eigenvalue weighted by Gasteiger charge is -2.53. The van der Waals surface area contributed by atoms with Crippen LogP contribution in [-0.2, 0) is 4.74 Å². The van der Waals surface area contributed by atoms with Crippen LogP contribution < -0.4 is 10.6 Å². The van der Waals surface area contributed by atoms with Gasteiger partial charge in [-0.25, -0.2) is 0 Å². The lowest BCUT2D eigenvalue weighted by Crippen LogP contribution is -2.68. The van der Waals surface area contributed by atoms with Crippen molar-refractivity contribution < 1.29 is 4.74 Å². The second-order valence-corrected chi connectivity index (χ2v) is 20.4. The van der Waals surface area contributed by atoms with Gasteiger partial charge in [0, 0.05) is 18.0 Å². The summed E-state index contributed by atoms with van der Waals surface area (Å²) in [5.41, 5.74) is 0. The standard InChI is InChI=1S/C45H74N2O/c1-3-13-28(14-4-1)30-18-11-19-31(25-30)38-27-40-41(35-22-10-9-21-34(35)38)36-23-12-24-37(44(36)48-40)45-46-42(29-15-5-2-6-16-29)39-26-32-17-7-8-20-33(32)43(39)47-45/h28-47H,1-27H2. The first kappa shape index (κ1) is 32.5. The number of ether oxygens (including phenoxy) is 1. The SMILES string of the molecule is C1CCC(C2CCCC(C3CC4OC5C(C6NC(C7CCCCC7)C7CC8CCCCC8C7N6)CCCC5C4C4CCCCC34)C2)CC1. The Kier molecular flexibility index (Phi) is 9.50. The molecule has 0 aromatic heterocycles. The first-order valence-electron chi connectivity index (χ1n) is 23.0. The molecule has 8 saturated carbocycles. The number of nitrogens with one attached hydrogen (secondary N) is 2. The maximum Gasteiger partial charge on any atom is 0.0666 e. The Morgan fingerprint density at radius 3 is 1.73 bits per heavy atom. The molecule has 16 unspecified atom stereocenters. The van der Waals surface area contributed by atoms with Gasteiger partial charge in [0.1, 0.15) is 0 Å². The van der Waals surface area contributed by atoms with Crippen molar-refractivity contribution in [2.45, 2.75) is 204 Å². The first-order valence-corrected chi connectivity index (χ1v) is 23.0. The molecule has 270 valence electrons. The lowest BCUT2D eigenvalue weighted by molar-refractivity contribution is -0.0845. The van der Waals surface area contributed by atoms with Crippen LogP contribution >= 0.6 is 0 Å². The van der Waals surface area contributed by atoms with Crippen LogP contribution in [0.5, 0.6) is 0 Å². The van der Waals surface area contributed by atoms with Gasteiger partial charge in [-0.05, 0) is 135 Å². The Labute approximate surface area is 295 Å². The summed E-state index contributed by atoms with van der Waals surface area (Å²) in [6, 6.07) is 1.56. The predicted octanol–water partition coefficient (Wildman–Crippen LogP) is 10.7. The lowest BCUT2D eigenvalue weighted by atomic mass is 9.52. The zero-order valence-electron chi connectivity index (χ0n) is 30.9. The molecule has 10 aliphatic rings. The van der Waals surface area contributed by atoms with Crippen LogP contribution in [-0.4, -0.2) is 30.5 Å². The summed E-state index contributed by atoms with van der Waals surface area (Å²) in [6.45, 7) is 0. The van der Waals surface area contributed by atoms with Gasteiger partial charge in [-0.15, -0.1) is 0 Å². The average Bonchev–Trinajstić information content (AvgIpc) is 3.73. The van der Waals surface area contributed by atoms with Gasteiger partial charge in [0.2, 0.25) is 0 Å². The average molecular weight is 659 g/mol. The minimum absolute atomic E-state index is 0.499. The molecule has 3 nitrogen and oxygen atoms in total. The minimum atomic E-state index is 0.499. The van der Waals surface area contributed by atoms with Crippen molar-refractivity contribution >= 4 is 0 Å². The van der Waals surface area contributed by atoms with Crippen LogP contribution in [0.4, 0.5) is 0 Å². The van der Waals surface area contributed by atoms with Crippen molar-refractivity contribution in [1.29, 1.82) is 0 Å². The highest BCUT2D eigenvalue weighted by molar-refractivity contribution is 5.11. The summed E-state index contributed by atoms with van der Waals surface area (Å²) in [5.74, 6) is 12.3. The van der Waals surface area contributed by atoms with E-state index in [1.165, 1.54) is 135 Å². The molecule has 10 fully saturated rings. The Bertz CT molecular complexity index is 1080. The van der Waals surface area contributed by atoms with Crippen LogP contribution in [0.2, 0.25) is 0 Å². The van der Waals surface area contributed by atoms with E-state index >= 15 is 0 Å². The molecule has 2 aliphatic heterocycles. The number of hydrogen-bond donors (Lipinski definition) is 2. The van der Waals surface area contributed by atoms with E-state index in [2.05, 4.69) is 10.6 Å². The molecule has 10 rings (SSSR count). The van der Waals surface area contributed by atoms with Gasteiger partial charge in [0.25, 0.3) is 0 Å². The Balaban J connectivity index is 0.893. The second-order valence-electron chi connectivity index (χ2n) is 20.4. The van der Waals surface area contributed by atoms with E-state index in [-0.39, 0.29) is 0 Å². The van der Waals surface area contributed by atoms with Gasteiger partial charge in [-0.1, -0.05) is 109 Å². The highest BCUT2D eigenvalue weighted by Crippen LogP contribution is 2.61. The zero-order valence-corrected chi connectivity index (χ0v) is 30.9. The molecule has 2 saturated heterocycles. The van der Waals surface area contributed by atoms with E-state index in [0.29, 0.717) is 24.3 Å². The normalized spacial score (nSPS) is 53.2. The fraction of sp³-hybridized carbons (Fsp3) is 1.00. The summed E-state index contributed by atoms with van der Waals surface area (Å²) in [7, 11) is 0. The molecule has 0 radical (unpaired) electrons. The molecule has 8 aliphatic carbocycles. The molecule has 2 heterocycles. The first-order chi connectivity index (χ1) is 23.8. The third kappa shape index (κ3) is 5.83. The van der Waals surface area contributed by atoms with Crippen molar-refractivity contribution in [3.8, 4) is 0 Å². The van der Waals surface area contributed by atoms with E-state index in [1.807, 2.05) is 0 Å². The van der Waals surface area contributed by atoms with Gasteiger partial charge in [-0.2, -0.15) is 0 Å². The third-order valence-electron chi connectivity index (χ3n) is 18.5. The molecule has 48 heavy (non-hydrogen) atoms. The Morgan fingerprint density at radius 2 is 0.896 bits per heavy atom. The Hall–Kier alpha value is -0.120. The maximum atomic E-state index is 7.67. The molecule has 0 aromatic rings. The molecule has 0 aromatic carbocycles. The van der Waals surface area contributed by atoms with E-state index in [9.17, 15) is 0 Å². The van der Waals surface area contributed by atoms with Crippen LogP contribution in [0, 0.1) is 76.9 Å². The molecule has 0 bridgehead atoms. The molecule has 0 spiro atoms. The van der Waals surface area contributed by atoms with Crippen LogP contribution in [0.15, 0.2) is 0 Å². The largest absolute Gasteiger partial charge is 0.374 e. The molecule has 0 amide bonds. The smallest absolute Gasteiger partial charge is 0.0666 e. The van der Waals surface area contributed by atoms with Crippen molar-refractivity contribution in [1.82, 2.24) is 10.6 Å². The minimum Gasteiger partial charge on any atom is -0.374 e. The van der Waals surface area contributed by atoms with Gasteiger partial charge in [-0.3, -0.25) is 10.6 Å². The summed E-state index contributed by atoms with van der Waals surface area (Å²) in [4.78, 5) is 0. The van der Waals surface area contributed by atoms with E-state index < -0.39 is 0 Å². The highest BCUT2D eigenvalue weighted by Gasteiger charge is 2.60. The number of hydrogen-bond acceptors (Lipinski definition) is 3. The summed E-state index contributed by atoms with van der Waals surface area (Å²) < 4.78 is 7.67. The Morgan fingerprint density at radius 1 is 0.333 bits per heavy atom. The van der Waals surface area contributed by atoms with Crippen molar-refractivity contribution in [2.75, 3.05) is 0 Å². The fourth-order valence-corrected chi connectivity index (χ4v) is 16.7. The monoisotopic (exact) mass is 659 g/mol. The topological polar surface area (TPSA) is 33.3 Å². The summed E-state index contributed by atoms with van der Waals surface area (Å²) >= 11 is 0. The van der Waals surface area contributed by atoms with Crippen molar-refractivity contribution in [2.24, 2.45) is 76.9 Å². The van der Waals surface area contributed by atoms with Gasteiger partial charge in [0.05, 0.1) is 18.4 Å². The number of fused-ring (bicyclic) bond motifs is 8. The van der Waals surface area contributed by atoms with E-state index in [0.717, 1.165) is 83.1 Å². The van der Waals surface area contributed by atoms with Crippen molar-refractivity contribution in [3.05, 3.63) is 0 Å². The second kappa shape index (κ2) is 14.0. The molecular formula is C45H74N2O. The number of rotatable bonds is 4. The van der Waals surface area contributed by atoms with Crippen molar-refractivity contribution in [3.63, 3.8) is 0 Å². The summed E-state index contributed by atoms with van der Waals surface area (Å²) in [6.07, 6.45) is 42.4. The predicted molar refractivity (Wildman–Crippen MR) is 196 cm³/mol. The molecular weight excluding hydrogens is 585 g/mol. The van der Waals surface area contributed by atoms with Gasteiger partial charge >= 0.3 is 0 Å². The molecule has 2 N–H and O–H groups in total. The van der Waals surface area contributed by atoms with Crippen LogP contribution in [0.1, 0.15) is 173 Å². The van der Waals surface area contributed by atoms with E-state index in [1.54, 1.807) is 38.5 Å². The van der Waals surface area contributed by atoms with Gasteiger partial charge in [0.15, 0.2) is 0 Å². The van der Waals surface area contributed by atoms with Gasteiger partial charge < -0.3 is 4.74 Å². The third-order valence-corrected chi connectivity index (χ3v) is 18.5. The molecule has 16 atom stereocenters.